The molecular weight excluding hydrogens is 272 g/mol. The molecule has 1 aliphatic carbocycles. The quantitative estimate of drug-likeness (QED) is 0.890. The van der Waals surface area contributed by atoms with Crippen molar-refractivity contribution in [3.63, 3.8) is 0 Å². The summed E-state index contributed by atoms with van der Waals surface area (Å²) in [5.74, 6) is 0.665. The Morgan fingerprint density at radius 3 is 2.36 bits per heavy atom. The van der Waals surface area contributed by atoms with Crippen molar-refractivity contribution in [1.29, 1.82) is 0 Å². The van der Waals surface area contributed by atoms with Gasteiger partial charge >= 0.3 is 0 Å². The summed E-state index contributed by atoms with van der Waals surface area (Å²) in [6, 6.07) is 19.1. The van der Waals surface area contributed by atoms with E-state index in [0.717, 1.165) is 6.54 Å². The molecule has 22 heavy (non-hydrogen) atoms. The molecule has 2 aromatic carbocycles. The summed E-state index contributed by atoms with van der Waals surface area (Å²) < 4.78 is 0. The van der Waals surface area contributed by atoms with Crippen molar-refractivity contribution in [1.82, 2.24) is 10.6 Å². The van der Waals surface area contributed by atoms with Crippen molar-refractivity contribution >= 4 is 5.91 Å². The van der Waals surface area contributed by atoms with Crippen LogP contribution < -0.4 is 10.6 Å². The van der Waals surface area contributed by atoms with E-state index in [9.17, 15) is 4.79 Å². The molecule has 1 saturated carbocycles. The van der Waals surface area contributed by atoms with Crippen molar-refractivity contribution in [3.05, 3.63) is 71.3 Å². The van der Waals surface area contributed by atoms with Crippen LogP contribution in [0.15, 0.2) is 54.6 Å². The maximum absolute atomic E-state index is 11.5. The minimum absolute atomic E-state index is 0.0378. The molecule has 3 nitrogen and oxygen atoms in total. The van der Waals surface area contributed by atoms with E-state index in [1.807, 2.05) is 24.3 Å². The van der Waals surface area contributed by atoms with E-state index < -0.39 is 0 Å². The summed E-state index contributed by atoms with van der Waals surface area (Å²) in [5, 5.41) is 6.23. The van der Waals surface area contributed by atoms with Gasteiger partial charge in [0.1, 0.15) is 0 Å². The average Bonchev–Trinajstić information content (AvgIpc) is 2.54. The van der Waals surface area contributed by atoms with Gasteiger partial charge in [-0.25, -0.2) is 0 Å². The minimum Gasteiger partial charge on any atom is -0.355 e. The Balaban J connectivity index is 1.45. The minimum atomic E-state index is -0.0378. The van der Waals surface area contributed by atoms with Crippen LogP contribution in [0.4, 0.5) is 0 Å². The summed E-state index contributed by atoms with van der Waals surface area (Å²) in [6.45, 7) is 0.861. The Kier molecular flexibility index (Phi) is 4.54. The van der Waals surface area contributed by atoms with Crippen LogP contribution in [0.3, 0.4) is 0 Å². The lowest BCUT2D eigenvalue weighted by molar-refractivity contribution is 0.0963. The van der Waals surface area contributed by atoms with Crippen molar-refractivity contribution < 1.29 is 4.79 Å². The third-order valence-electron chi connectivity index (χ3n) is 4.45. The summed E-state index contributed by atoms with van der Waals surface area (Å²) in [5.41, 5.74) is 3.38. The topological polar surface area (TPSA) is 41.1 Å². The van der Waals surface area contributed by atoms with Crippen molar-refractivity contribution in [2.45, 2.75) is 31.3 Å². The average molecular weight is 294 g/mol. The fraction of sp³-hybridized carbons (Fsp3) is 0.316. The summed E-state index contributed by atoms with van der Waals surface area (Å²) in [7, 11) is 1.65. The van der Waals surface area contributed by atoms with Gasteiger partial charge in [-0.2, -0.15) is 0 Å². The van der Waals surface area contributed by atoms with Crippen LogP contribution in [0.5, 0.6) is 0 Å². The van der Waals surface area contributed by atoms with Gasteiger partial charge in [0, 0.05) is 25.2 Å². The highest BCUT2D eigenvalue weighted by Crippen LogP contribution is 2.36. The van der Waals surface area contributed by atoms with Gasteiger partial charge < -0.3 is 10.6 Å². The molecular formula is C19H22N2O. The smallest absolute Gasteiger partial charge is 0.251 e. The highest BCUT2D eigenvalue weighted by molar-refractivity contribution is 5.93. The highest BCUT2D eigenvalue weighted by Gasteiger charge is 2.29. The van der Waals surface area contributed by atoms with Gasteiger partial charge in [0.2, 0.25) is 0 Å². The molecule has 2 aromatic rings. The number of hydrogen-bond acceptors (Lipinski definition) is 2. The first-order valence-electron chi connectivity index (χ1n) is 7.85. The Morgan fingerprint density at radius 1 is 1.05 bits per heavy atom. The molecule has 3 rings (SSSR count). The number of carbonyl (C=O) groups is 1. The molecule has 0 atom stereocenters. The van der Waals surface area contributed by atoms with E-state index in [1.165, 1.54) is 24.0 Å². The molecule has 1 fully saturated rings. The third-order valence-corrected chi connectivity index (χ3v) is 4.45. The normalized spacial score (nSPS) is 20.2. The van der Waals surface area contributed by atoms with E-state index in [-0.39, 0.29) is 5.91 Å². The summed E-state index contributed by atoms with van der Waals surface area (Å²) in [4.78, 5) is 11.5. The predicted molar refractivity (Wildman–Crippen MR) is 88.9 cm³/mol. The summed E-state index contributed by atoms with van der Waals surface area (Å²) in [6.07, 6.45) is 2.42. The van der Waals surface area contributed by atoms with Crippen LogP contribution in [0.2, 0.25) is 0 Å². The van der Waals surface area contributed by atoms with E-state index in [4.69, 9.17) is 0 Å². The Labute approximate surface area is 131 Å². The van der Waals surface area contributed by atoms with Crippen molar-refractivity contribution in [2.75, 3.05) is 7.05 Å². The second kappa shape index (κ2) is 6.75. The molecule has 0 unspecified atom stereocenters. The lowest BCUT2D eigenvalue weighted by atomic mass is 9.76. The van der Waals surface area contributed by atoms with E-state index >= 15 is 0 Å². The van der Waals surface area contributed by atoms with Crippen molar-refractivity contribution in [3.8, 4) is 0 Å². The molecule has 0 aromatic heterocycles. The van der Waals surface area contributed by atoms with Crippen molar-refractivity contribution in [2.24, 2.45) is 0 Å². The third kappa shape index (κ3) is 3.37. The maximum atomic E-state index is 11.5. The lowest BCUT2D eigenvalue weighted by Gasteiger charge is -2.36. The van der Waals surface area contributed by atoms with E-state index in [1.54, 1.807) is 7.05 Å². The standard InChI is InChI=1S/C19H22N2O/c1-20-19(22)16-9-7-14(8-10-16)13-21-18-11-17(12-18)15-5-3-2-4-6-15/h2-10,17-18,21H,11-13H2,1H3,(H,20,22). The number of hydrogen-bond donors (Lipinski definition) is 2. The molecule has 2 N–H and O–H groups in total. The number of benzene rings is 2. The predicted octanol–water partition coefficient (Wildman–Crippen LogP) is 3.08. The Bertz CT molecular complexity index is 616. The van der Waals surface area contributed by atoms with E-state index in [0.29, 0.717) is 17.5 Å². The van der Waals surface area contributed by atoms with Crippen LogP contribution in [0, 0.1) is 0 Å². The molecule has 0 bridgehead atoms. The summed E-state index contributed by atoms with van der Waals surface area (Å²) >= 11 is 0. The van der Waals surface area contributed by atoms with E-state index in [2.05, 4.69) is 41.0 Å². The first-order valence-corrected chi connectivity index (χ1v) is 7.85. The highest BCUT2D eigenvalue weighted by atomic mass is 16.1. The zero-order valence-electron chi connectivity index (χ0n) is 12.9. The Morgan fingerprint density at radius 2 is 1.73 bits per heavy atom. The zero-order chi connectivity index (χ0) is 15.4. The van der Waals surface area contributed by atoms with Crippen LogP contribution in [0.25, 0.3) is 0 Å². The van der Waals surface area contributed by atoms with Gasteiger partial charge in [0.25, 0.3) is 5.91 Å². The van der Waals surface area contributed by atoms with Gasteiger partial charge in [-0.15, -0.1) is 0 Å². The van der Waals surface area contributed by atoms with Gasteiger partial charge in [-0.1, -0.05) is 42.5 Å². The number of nitrogens with one attached hydrogen (secondary N) is 2. The maximum Gasteiger partial charge on any atom is 0.251 e. The fourth-order valence-corrected chi connectivity index (χ4v) is 2.96. The number of carbonyl (C=O) groups excluding carboxylic acids is 1. The van der Waals surface area contributed by atoms with Crippen LogP contribution in [0.1, 0.15) is 40.2 Å². The molecule has 1 aliphatic rings. The first-order chi connectivity index (χ1) is 10.8. The first kappa shape index (κ1) is 14.8. The second-order valence-electron chi connectivity index (χ2n) is 5.93. The van der Waals surface area contributed by atoms with Gasteiger partial charge in [0.15, 0.2) is 0 Å². The number of amides is 1. The second-order valence-corrected chi connectivity index (χ2v) is 5.93. The lowest BCUT2D eigenvalue weighted by Crippen LogP contribution is -2.39. The molecule has 0 heterocycles. The molecule has 0 aliphatic heterocycles. The van der Waals surface area contributed by atoms with Crippen LogP contribution in [-0.4, -0.2) is 19.0 Å². The zero-order valence-corrected chi connectivity index (χ0v) is 12.9. The fourth-order valence-electron chi connectivity index (χ4n) is 2.96. The van der Waals surface area contributed by atoms with Gasteiger partial charge in [-0.05, 0) is 42.0 Å². The monoisotopic (exact) mass is 294 g/mol. The van der Waals surface area contributed by atoms with Crippen LogP contribution >= 0.6 is 0 Å². The molecule has 114 valence electrons. The molecule has 0 spiro atoms. The largest absolute Gasteiger partial charge is 0.355 e. The molecule has 1 amide bonds. The molecule has 0 saturated heterocycles. The molecule has 3 heteroatoms. The van der Waals surface area contributed by atoms with Gasteiger partial charge in [0.05, 0.1) is 0 Å². The number of rotatable bonds is 5. The SMILES string of the molecule is CNC(=O)c1ccc(CNC2CC(c3ccccc3)C2)cc1. The molecule has 0 radical (unpaired) electrons. The Hall–Kier alpha value is -2.13. The van der Waals surface area contributed by atoms with Gasteiger partial charge in [-0.3, -0.25) is 4.79 Å². The van der Waals surface area contributed by atoms with Crippen LogP contribution in [-0.2, 0) is 6.54 Å².